The van der Waals surface area contributed by atoms with Crippen molar-refractivity contribution in [2.24, 2.45) is 0 Å². The first-order valence-corrected chi connectivity index (χ1v) is 6.86. The summed E-state index contributed by atoms with van der Waals surface area (Å²) >= 11 is 0. The first-order valence-electron chi connectivity index (χ1n) is 5.25. The Hall–Kier alpha value is -1.06. The van der Waals surface area contributed by atoms with Gasteiger partial charge >= 0.3 is 0 Å². The molecule has 1 fully saturated rings. The maximum atomic E-state index is 11.7. The molecule has 1 aliphatic heterocycles. The van der Waals surface area contributed by atoms with E-state index >= 15 is 0 Å². The molecular formula is C10H16N2O3S. The number of sulfonamides is 1. The third-order valence-corrected chi connectivity index (χ3v) is 4.60. The molecule has 6 heteroatoms. The topological polar surface area (TPSA) is 66.5 Å². The molecule has 0 aromatic heterocycles. The largest absolute Gasteiger partial charge is 0.344 e. The predicted octanol–water partition coefficient (Wildman–Crippen LogP) is -0.450. The predicted molar refractivity (Wildman–Crippen MR) is 61.0 cm³/mol. The lowest BCUT2D eigenvalue weighted by atomic mass is 10.2. The van der Waals surface area contributed by atoms with Gasteiger partial charge in [-0.25, -0.2) is 8.42 Å². The minimum Gasteiger partial charge on any atom is -0.344 e. The van der Waals surface area contributed by atoms with Gasteiger partial charge in [-0.2, -0.15) is 4.31 Å². The molecule has 0 radical (unpaired) electrons. The van der Waals surface area contributed by atoms with E-state index in [1.54, 1.807) is 6.92 Å². The normalized spacial score (nSPS) is 21.6. The van der Waals surface area contributed by atoms with Gasteiger partial charge in [0.1, 0.15) is 0 Å². The van der Waals surface area contributed by atoms with Gasteiger partial charge in [0.2, 0.25) is 10.0 Å². The minimum absolute atomic E-state index is 0.0899. The molecule has 90 valence electrons. The number of nitrogens with zero attached hydrogens (tertiary/aromatic N) is 1. The highest BCUT2D eigenvalue weighted by atomic mass is 32.2. The molecule has 1 unspecified atom stereocenters. The fourth-order valence-electron chi connectivity index (χ4n) is 1.81. The van der Waals surface area contributed by atoms with Crippen LogP contribution in [-0.2, 0) is 14.8 Å². The number of terminal acetylenes is 1. The fraction of sp³-hybridized carbons (Fsp3) is 0.700. The van der Waals surface area contributed by atoms with E-state index in [9.17, 15) is 13.2 Å². The minimum atomic E-state index is -3.17. The van der Waals surface area contributed by atoms with Crippen LogP contribution in [0.2, 0.25) is 0 Å². The Morgan fingerprint density at radius 1 is 1.62 bits per heavy atom. The Morgan fingerprint density at radius 3 is 2.88 bits per heavy atom. The Labute approximate surface area is 96.2 Å². The van der Waals surface area contributed by atoms with Crippen LogP contribution < -0.4 is 5.32 Å². The molecule has 1 atom stereocenters. The van der Waals surface area contributed by atoms with Crippen molar-refractivity contribution in [2.45, 2.75) is 25.8 Å². The molecule has 1 rings (SSSR count). The first kappa shape index (κ1) is 13.0. The summed E-state index contributed by atoms with van der Waals surface area (Å²) in [6.07, 6.45) is 6.51. The molecule has 1 aliphatic rings. The van der Waals surface area contributed by atoms with Crippen LogP contribution in [0, 0.1) is 12.3 Å². The second-order valence-corrected chi connectivity index (χ2v) is 5.87. The second kappa shape index (κ2) is 5.32. The van der Waals surface area contributed by atoms with Gasteiger partial charge in [-0.3, -0.25) is 4.79 Å². The van der Waals surface area contributed by atoms with Gasteiger partial charge in [-0.05, 0) is 25.7 Å². The zero-order valence-corrected chi connectivity index (χ0v) is 10.1. The molecule has 0 aliphatic carbocycles. The molecule has 1 N–H and O–H groups in total. The van der Waals surface area contributed by atoms with Crippen molar-refractivity contribution < 1.29 is 13.2 Å². The third kappa shape index (κ3) is 2.97. The van der Waals surface area contributed by atoms with Crippen LogP contribution in [0.5, 0.6) is 0 Å². The smallest absolute Gasteiger partial charge is 0.295 e. The molecule has 1 heterocycles. The Bertz CT molecular complexity index is 397. The summed E-state index contributed by atoms with van der Waals surface area (Å²) in [5, 5.41) is 2.52. The SMILES string of the molecule is C#CC(=O)NCC1CCCN1S(=O)(=O)CC. The number of hydrogen-bond donors (Lipinski definition) is 1. The molecule has 0 aromatic rings. The summed E-state index contributed by atoms with van der Waals surface area (Å²) in [6.45, 7) is 2.44. The summed E-state index contributed by atoms with van der Waals surface area (Å²) in [5.41, 5.74) is 0. The van der Waals surface area contributed by atoms with E-state index in [4.69, 9.17) is 6.42 Å². The second-order valence-electron chi connectivity index (χ2n) is 3.66. The molecule has 1 amide bonds. The lowest BCUT2D eigenvalue weighted by molar-refractivity contribution is -0.115. The lowest BCUT2D eigenvalue weighted by Gasteiger charge is -2.23. The summed E-state index contributed by atoms with van der Waals surface area (Å²) in [7, 11) is -3.17. The van der Waals surface area contributed by atoms with E-state index in [1.807, 2.05) is 5.92 Å². The number of carbonyl (C=O) groups is 1. The van der Waals surface area contributed by atoms with Gasteiger partial charge in [0, 0.05) is 19.1 Å². The van der Waals surface area contributed by atoms with E-state index in [0.29, 0.717) is 13.1 Å². The molecular weight excluding hydrogens is 228 g/mol. The van der Waals surface area contributed by atoms with E-state index in [1.165, 1.54) is 4.31 Å². The van der Waals surface area contributed by atoms with Crippen LogP contribution in [0.15, 0.2) is 0 Å². The molecule has 0 bridgehead atoms. The van der Waals surface area contributed by atoms with Crippen molar-refractivity contribution in [3.8, 4) is 12.3 Å². The van der Waals surface area contributed by atoms with Crippen LogP contribution in [-0.4, -0.2) is 43.5 Å². The van der Waals surface area contributed by atoms with Gasteiger partial charge in [0.25, 0.3) is 5.91 Å². The van der Waals surface area contributed by atoms with E-state index in [0.717, 1.165) is 12.8 Å². The monoisotopic (exact) mass is 244 g/mol. The summed E-state index contributed by atoms with van der Waals surface area (Å²) in [5.74, 6) is 1.53. The summed E-state index contributed by atoms with van der Waals surface area (Å²) in [6, 6.07) is -0.151. The average molecular weight is 244 g/mol. The van der Waals surface area contributed by atoms with Crippen LogP contribution in [0.1, 0.15) is 19.8 Å². The van der Waals surface area contributed by atoms with Gasteiger partial charge in [0.15, 0.2) is 0 Å². The van der Waals surface area contributed by atoms with Crippen molar-refractivity contribution in [3.63, 3.8) is 0 Å². The number of nitrogens with one attached hydrogen (secondary N) is 1. The fourth-order valence-corrected chi connectivity index (χ4v) is 3.18. The number of rotatable bonds is 4. The zero-order valence-electron chi connectivity index (χ0n) is 9.27. The highest BCUT2D eigenvalue weighted by molar-refractivity contribution is 7.89. The summed E-state index contributed by atoms with van der Waals surface area (Å²) < 4.78 is 24.9. The molecule has 0 saturated carbocycles. The van der Waals surface area contributed by atoms with Crippen molar-refractivity contribution in [3.05, 3.63) is 0 Å². The highest BCUT2D eigenvalue weighted by Crippen LogP contribution is 2.20. The van der Waals surface area contributed by atoms with Crippen molar-refractivity contribution in [2.75, 3.05) is 18.8 Å². The Kier molecular flexibility index (Phi) is 4.33. The first-order chi connectivity index (χ1) is 7.51. The third-order valence-electron chi connectivity index (χ3n) is 2.67. The number of carbonyl (C=O) groups excluding carboxylic acids is 1. The van der Waals surface area contributed by atoms with Crippen molar-refractivity contribution in [1.29, 1.82) is 0 Å². The maximum Gasteiger partial charge on any atom is 0.295 e. The highest BCUT2D eigenvalue weighted by Gasteiger charge is 2.32. The average Bonchev–Trinajstić information content (AvgIpc) is 2.74. The summed E-state index contributed by atoms with van der Waals surface area (Å²) in [4.78, 5) is 10.9. The van der Waals surface area contributed by atoms with Gasteiger partial charge in [-0.1, -0.05) is 0 Å². The standard InChI is InChI=1S/C10H16N2O3S/c1-3-10(13)11-8-9-6-5-7-12(9)16(14,15)4-2/h1,9H,4-8H2,2H3,(H,11,13). The molecule has 0 aromatic carbocycles. The van der Waals surface area contributed by atoms with Gasteiger partial charge in [-0.15, -0.1) is 6.42 Å². The molecule has 16 heavy (non-hydrogen) atoms. The van der Waals surface area contributed by atoms with Gasteiger partial charge in [0.05, 0.1) is 5.75 Å². The van der Waals surface area contributed by atoms with E-state index in [2.05, 4.69) is 5.32 Å². The van der Waals surface area contributed by atoms with Crippen LogP contribution >= 0.6 is 0 Å². The maximum absolute atomic E-state index is 11.7. The van der Waals surface area contributed by atoms with Crippen LogP contribution in [0.4, 0.5) is 0 Å². The van der Waals surface area contributed by atoms with Crippen molar-refractivity contribution >= 4 is 15.9 Å². The molecule has 0 spiro atoms. The molecule has 5 nitrogen and oxygen atoms in total. The number of amides is 1. The number of hydrogen-bond acceptors (Lipinski definition) is 3. The van der Waals surface area contributed by atoms with Crippen LogP contribution in [0.3, 0.4) is 0 Å². The Morgan fingerprint density at radius 2 is 2.31 bits per heavy atom. The van der Waals surface area contributed by atoms with E-state index in [-0.39, 0.29) is 11.8 Å². The lowest BCUT2D eigenvalue weighted by Crippen LogP contribution is -2.43. The van der Waals surface area contributed by atoms with Crippen molar-refractivity contribution in [1.82, 2.24) is 9.62 Å². The zero-order chi connectivity index (χ0) is 12.2. The van der Waals surface area contributed by atoms with Gasteiger partial charge < -0.3 is 5.32 Å². The quantitative estimate of drug-likeness (QED) is 0.681. The molecule has 1 saturated heterocycles. The van der Waals surface area contributed by atoms with E-state index < -0.39 is 15.9 Å². The Balaban J connectivity index is 2.61. The van der Waals surface area contributed by atoms with Crippen LogP contribution in [0.25, 0.3) is 0 Å².